The molecule has 21 heavy (non-hydrogen) atoms. The molecule has 2 aromatic carbocycles. The molecule has 3 nitrogen and oxygen atoms in total. The van der Waals surface area contributed by atoms with Crippen LogP contribution >= 0.6 is 0 Å². The van der Waals surface area contributed by atoms with E-state index in [1.54, 1.807) is 18.2 Å². The standard InChI is InChI=1S/C16H13F2N3/c17-11-3-1-10(2-4-11)15-7-8-19-16-13-6-5-12(18)9-14(13)20-21(15)16/h1-6,9,15,19H,7-8H2. The van der Waals surface area contributed by atoms with Crippen molar-refractivity contribution in [1.29, 1.82) is 0 Å². The van der Waals surface area contributed by atoms with Crippen molar-refractivity contribution in [3.05, 3.63) is 59.7 Å². The van der Waals surface area contributed by atoms with Crippen LogP contribution in [-0.2, 0) is 0 Å². The molecule has 4 rings (SSSR count). The normalized spacial score (nSPS) is 17.5. The number of fused-ring (bicyclic) bond motifs is 3. The zero-order valence-electron chi connectivity index (χ0n) is 11.2. The molecule has 0 amide bonds. The van der Waals surface area contributed by atoms with Gasteiger partial charge in [0.25, 0.3) is 0 Å². The van der Waals surface area contributed by atoms with Crippen LogP contribution in [0.25, 0.3) is 10.9 Å². The highest BCUT2D eigenvalue weighted by Gasteiger charge is 2.24. The van der Waals surface area contributed by atoms with Gasteiger partial charge in [-0.2, -0.15) is 5.10 Å². The molecule has 1 aliphatic rings. The number of aromatic nitrogens is 2. The van der Waals surface area contributed by atoms with Crippen LogP contribution in [0.15, 0.2) is 42.5 Å². The molecule has 3 aromatic rings. The molecule has 0 bridgehead atoms. The summed E-state index contributed by atoms with van der Waals surface area (Å²) >= 11 is 0. The van der Waals surface area contributed by atoms with Crippen molar-refractivity contribution in [3.63, 3.8) is 0 Å². The minimum absolute atomic E-state index is 0.0392. The van der Waals surface area contributed by atoms with Crippen LogP contribution < -0.4 is 5.32 Å². The van der Waals surface area contributed by atoms with Gasteiger partial charge in [-0.1, -0.05) is 12.1 Å². The number of benzene rings is 2. The Morgan fingerprint density at radius 1 is 1.05 bits per heavy atom. The number of anilines is 1. The summed E-state index contributed by atoms with van der Waals surface area (Å²) in [4.78, 5) is 0. The van der Waals surface area contributed by atoms with E-state index < -0.39 is 0 Å². The quantitative estimate of drug-likeness (QED) is 0.738. The molecule has 1 atom stereocenters. The van der Waals surface area contributed by atoms with E-state index in [0.29, 0.717) is 5.52 Å². The fourth-order valence-electron chi connectivity index (χ4n) is 2.92. The fraction of sp³-hybridized carbons (Fsp3) is 0.188. The maximum Gasteiger partial charge on any atom is 0.132 e. The van der Waals surface area contributed by atoms with E-state index in [2.05, 4.69) is 10.4 Å². The zero-order chi connectivity index (χ0) is 14.4. The van der Waals surface area contributed by atoms with Gasteiger partial charge in [-0.05, 0) is 36.2 Å². The first-order chi connectivity index (χ1) is 10.2. The van der Waals surface area contributed by atoms with Gasteiger partial charge < -0.3 is 5.32 Å². The van der Waals surface area contributed by atoms with Crippen LogP contribution in [0.2, 0.25) is 0 Å². The topological polar surface area (TPSA) is 29.9 Å². The SMILES string of the molecule is Fc1ccc(C2CCNc3c4ccc(F)cc4nn32)cc1. The summed E-state index contributed by atoms with van der Waals surface area (Å²) < 4.78 is 28.3. The summed E-state index contributed by atoms with van der Waals surface area (Å²) in [6, 6.07) is 11.1. The van der Waals surface area contributed by atoms with E-state index in [9.17, 15) is 8.78 Å². The minimum Gasteiger partial charge on any atom is -0.370 e. The first-order valence-corrected chi connectivity index (χ1v) is 6.89. The zero-order valence-corrected chi connectivity index (χ0v) is 11.2. The smallest absolute Gasteiger partial charge is 0.132 e. The highest BCUT2D eigenvalue weighted by atomic mass is 19.1. The van der Waals surface area contributed by atoms with Gasteiger partial charge in [0.15, 0.2) is 0 Å². The van der Waals surface area contributed by atoms with Gasteiger partial charge in [0.2, 0.25) is 0 Å². The molecular weight excluding hydrogens is 272 g/mol. The van der Waals surface area contributed by atoms with Crippen LogP contribution in [-0.4, -0.2) is 16.3 Å². The van der Waals surface area contributed by atoms with Crippen LogP contribution in [0.4, 0.5) is 14.6 Å². The molecule has 0 fully saturated rings. The Morgan fingerprint density at radius 3 is 2.62 bits per heavy atom. The van der Waals surface area contributed by atoms with Gasteiger partial charge in [0, 0.05) is 18.0 Å². The first-order valence-electron chi connectivity index (χ1n) is 6.89. The van der Waals surface area contributed by atoms with Crippen LogP contribution in [0.5, 0.6) is 0 Å². The van der Waals surface area contributed by atoms with Crippen molar-refractivity contribution in [2.45, 2.75) is 12.5 Å². The highest BCUT2D eigenvalue weighted by Crippen LogP contribution is 2.34. The summed E-state index contributed by atoms with van der Waals surface area (Å²) in [5.74, 6) is 0.349. The lowest BCUT2D eigenvalue weighted by Crippen LogP contribution is -2.24. The summed E-state index contributed by atoms with van der Waals surface area (Å²) in [5.41, 5.74) is 1.64. The second-order valence-electron chi connectivity index (χ2n) is 5.24. The van der Waals surface area contributed by atoms with Crippen molar-refractivity contribution in [3.8, 4) is 0 Å². The van der Waals surface area contributed by atoms with Crippen molar-refractivity contribution in [2.75, 3.05) is 11.9 Å². The highest BCUT2D eigenvalue weighted by molar-refractivity contribution is 5.90. The van der Waals surface area contributed by atoms with Crippen LogP contribution in [0.3, 0.4) is 0 Å². The minimum atomic E-state index is -0.295. The van der Waals surface area contributed by atoms with E-state index in [4.69, 9.17) is 0 Å². The third-order valence-corrected chi connectivity index (χ3v) is 3.92. The van der Waals surface area contributed by atoms with Gasteiger partial charge in [-0.3, -0.25) is 0 Å². The number of nitrogens with one attached hydrogen (secondary N) is 1. The number of halogens is 2. The van der Waals surface area contributed by atoms with Crippen LogP contribution in [0, 0.1) is 11.6 Å². The lowest BCUT2D eigenvalue weighted by atomic mass is 10.0. The van der Waals surface area contributed by atoms with Gasteiger partial charge >= 0.3 is 0 Å². The summed E-state index contributed by atoms with van der Waals surface area (Å²) in [6.45, 7) is 0.806. The Kier molecular flexibility index (Phi) is 2.67. The Balaban J connectivity index is 1.87. The van der Waals surface area contributed by atoms with Crippen molar-refractivity contribution >= 4 is 16.7 Å². The van der Waals surface area contributed by atoms with Crippen molar-refractivity contribution < 1.29 is 8.78 Å². The predicted molar refractivity (Wildman–Crippen MR) is 77.3 cm³/mol. The molecule has 1 aromatic heterocycles. The van der Waals surface area contributed by atoms with Gasteiger partial charge in [0.05, 0.1) is 11.6 Å². The molecular formula is C16H13F2N3. The molecule has 1 unspecified atom stereocenters. The van der Waals surface area contributed by atoms with Gasteiger partial charge in [-0.15, -0.1) is 0 Å². The maximum absolute atomic E-state index is 13.4. The summed E-state index contributed by atoms with van der Waals surface area (Å²) in [5, 5.41) is 8.74. The third-order valence-electron chi connectivity index (χ3n) is 3.92. The molecule has 0 saturated heterocycles. The average molecular weight is 285 g/mol. The van der Waals surface area contributed by atoms with Crippen molar-refractivity contribution in [1.82, 2.24) is 9.78 Å². The number of hydrogen-bond acceptors (Lipinski definition) is 2. The Morgan fingerprint density at radius 2 is 1.81 bits per heavy atom. The Bertz CT molecular complexity index is 808. The summed E-state index contributed by atoms with van der Waals surface area (Å²) in [6.07, 6.45) is 0.856. The van der Waals surface area contributed by atoms with Crippen molar-refractivity contribution in [2.24, 2.45) is 0 Å². The molecule has 0 spiro atoms. The second-order valence-corrected chi connectivity index (χ2v) is 5.24. The van der Waals surface area contributed by atoms with E-state index >= 15 is 0 Å². The van der Waals surface area contributed by atoms with E-state index in [0.717, 1.165) is 29.7 Å². The van der Waals surface area contributed by atoms with E-state index in [1.165, 1.54) is 24.3 Å². The Hall–Kier alpha value is -2.43. The second kappa shape index (κ2) is 4.55. The molecule has 2 heterocycles. The molecule has 1 N–H and O–H groups in total. The molecule has 106 valence electrons. The molecule has 0 aliphatic carbocycles. The summed E-state index contributed by atoms with van der Waals surface area (Å²) in [7, 11) is 0. The van der Waals surface area contributed by atoms with Crippen LogP contribution in [0.1, 0.15) is 18.0 Å². The van der Waals surface area contributed by atoms with Gasteiger partial charge in [-0.25, -0.2) is 13.5 Å². The molecule has 0 saturated carbocycles. The van der Waals surface area contributed by atoms with E-state index in [1.807, 2.05) is 4.68 Å². The van der Waals surface area contributed by atoms with Gasteiger partial charge in [0.1, 0.15) is 17.5 Å². The monoisotopic (exact) mass is 285 g/mol. The molecule has 0 radical (unpaired) electrons. The molecule has 1 aliphatic heterocycles. The largest absolute Gasteiger partial charge is 0.370 e. The lowest BCUT2D eigenvalue weighted by molar-refractivity contribution is 0.484. The maximum atomic E-state index is 13.4. The Labute approximate surface area is 120 Å². The first kappa shape index (κ1) is 12.3. The third kappa shape index (κ3) is 1.96. The number of rotatable bonds is 1. The lowest BCUT2D eigenvalue weighted by Gasteiger charge is -2.26. The molecule has 5 heteroatoms. The fourth-order valence-corrected chi connectivity index (χ4v) is 2.92. The average Bonchev–Trinajstić information content (AvgIpc) is 2.85. The number of nitrogens with zero attached hydrogens (tertiary/aromatic N) is 2. The predicted octanol–water partition coefficient (Wildman–Crippen LogP) is 3.72. The number of hydrogen-bond donors (Lipinski definition) is 1. The van der Waals surface area contributed by atoms with E-state index in [-0.39, 0.29) is 17.7 Å².